The van der Waals surface area contributed by atoms with Crippen molar-refractivity contribution in [3.05, 3.63) is 23.9 Å². The fourth-order valence-corrected chi connectivity index (χ4v) is 1.43. The number of hydrogen-bond acceptors (Lipinski definition) is 4. The van der Waals surface area contributed by atoms with Crippen molar-refractivity contribution in [2.24, 2.45) is 0 Å². The van der Waals surface area contributed by atoms with Gasteiger partial charge in [0.1, 0.15) is 0 Å². The Morgan fingerprint density at radius 3 is 2.93 bits per heavy atom. The Morgan fingerprint density at radius 1 is 1.47 bits per heavy atom. The van der Waals surface area contributed by atoms with E-state index in [9.17, 15) is 0 Å². The van der Waals surface area contributed by atoms with E-state index in [0.717, 1.165) is 18.7 Å². The van der Waals surface area contributed by atoms with Crippen LogP contribution in [0, 0.1) is 0 Å². The first-order valence-corrected chi connectivity index (χ1v) is 5.16. The van der Waals surface area contributed by atoms with E-state index in [1.165, 1.54) is 0 Å². The lowest BCUT2D eigenvalue weighted by Gasteiger charge is -2.16. The second-order valence-corrected chi connectivity index (χ2v) is 3.38. The molecule has 15 heavy (non-hydrogen) atoms. The first-order chi connectivity index (χ1) is 7.29. The number of nitrogens with zero attached hydrogens (tertiary/aromatic N) is 1. The van der Waals surface area contributed by atoms with Crippen LogP contribution in [-0.4, -0.2) is 32.2 Å². The molecule has 2 N–H and O–H groups in total. The monoisotopic (exact) mass is 209 g/mol. The molecule has 0 fully saturated rings. The van der Waals surface area contributed by atoms with Gasteiger partial charge in [-0.2, -0.15) is 0 Å². The van der Waals surface area contributed by atoms with Crippen molar-refractivity contribution in [2.45, 2.75) is 13.0 Å². The lowest BCUT2D eigenvalue weighted by Crippen LogP contribution is -2.27. The molecule has 0 saturated heterocycles. The van der Waals surface area contributed by atoms with Crippen LogP contribution in [0.1, 0.15) is 18.5 Å². The highest BCUT2D eigenvalue weighted by molar-refractivity contribution is 5.28. The van der Waals surface area contributed by atoms with Gasteiger partial charge in [-0.3, -0.25) is 0 Å². The summed E-state index contributed by atoms with van der Waals surface area (Å²) in [5, 5.41) is 6.49. The fourth-order valence-electron chi connectivity index (χ4n) is 1.43. The van der Waals surface area contributed by atoms with Crippen molar-refractivity contribution in [1.82, 2.24) is 15.6 Å². The zero-order valence-corrected chi connectivity index (χ0v) is 9.58. The number of methoxy groups -OCH3 is 1. The SMILES string of the molecule is CNCCN[C@@H](C)c1cccnc1OC. The highest BCUT2D eigenvalue weighted by Gasteiger charge is 2.10. The Bertz CT molecular complexity index is 291. The molecular weight excluding hydrogens is 190 g/mol. The minimum Gasteiger partial charge on any atom is -0.481 e. The van der Waals surface area contributed by atoms with Gasteiger partial charge in [0.05, 0.1) is 7.11 Å². The summed E-state index contributed by atoms with van der Waals surface area (Å²) >= 11 is 0. The lowest BCUT2D eigenvalue weighted by molar-refractivity contribution is 0.385. The predicted molar refractivity (Wildman–Crippen MR) is 61.1 cm³/mol. The van der Waals surface area contributed by atoms with Gasteiger partial charge in [-0.05, 0) is 20.0 Å². The molecule has 0 aliphatic heterocycles. The van der Waals surface area contributed by atoms with Crippen molar-refractivity contribution >= 4 is 0 Å². The normalized spacial score (nSPS) is 12.5. The fraction of sp³-hybridized carbons (Fsp3) is 0.545. The summed E-state index contributed by atoms with van der Waals surface area (Å²) in [5.41, 5.74) is 1.09. The predicted octanol–water partition coefficient (Wildman–Crippen LogP) is 0.960. The molecule has 0 radical (unpaired) electrons. The molecule has 1 aromatic rings. The van der Waals surface area contributed by atoms with Crippen LogP contribution in [0.25, 0.3) is 0 Å². The summed E-state index contributed by atoms with van der Waals surface area (Å²) in [6.45, 7) is 3.98. The maximum Gasteiger partial charge on any atom is 0.217 e. The Kier molecular flexibility index (Phi) is 5.07. The molecule has 1 rings (SSSR count). The first kappa shape index (κ1) is 11.9. The highest BCUT2D eigenvalue weighted by atomic mass is 16.5. The Hall–Kier alpha value is -1.13. The summed E-state index contributed by atoms with van der Waals surface area (Å²) in [6.07, 6.45) is 1.74. The molecule has 1 aromatic heterocycles. The second-order valence-electron chi connectivity index (χ2n) is 3.38. The molecule has 0 spiro atoms. The van der Waals surface area contributed by atoms with Gasteiger partial charge < -0.3 is 15.4 Å². The van der Waals surface area contributed by atoms with Crippen molar-refractivity contribution < 1.29 is 4.74 Å². The first-order valence-electron chi connectivity index (χ1n) is 5.16. The van der Waals surface area contributed by atoms with Gasteiger partial charge in [0.25, 0.3) is 0 Å². The van der Waals surface area contributed by atoms with Gasteiger partial charge in [-0.25, -0.2) is 4.98 Å². The van der Waals surface area contributed by atoms with Gasteiger partial charge in [0, 0.05) is 30.9 Å². The third kappa shape index (κ3) is 3.49. The van der Waals surface area contributed by atoms with Crippen LogP contribution in [0.15, 0.2) is 18.3 Å². The standard InChI is InChI=1S/C11H19N3O/c1-9(13-8-7-12-2)10-5-4-6-14-11(10)15-3/h4-6,9,12-13H,7-8H2,1-3H3/t9-/m0/s1. The number of ether oxygens (including phenoxy) is 1. The summed E-state index contributed by atoms with van der Waals surface area (Å²) in [7, 11) is 3.59. The van der Waals surface area contributed by atoms with Gasteiger partial charge in [0.15, 0.2) is 0 Å². The molecule has 1 atom stereocenters. The van der Waals surface area contributed by atoms with E-state index in [0.29, 0.717) is 5.88 Å². The van der Waals surface area contributed by atoms with Crippen LogP contribution < -0.4 is 15.4 Å². The molecule has 0 saturated carbocycles. The van der Waals surface area contributed by atoms with Crippen LogP contribution in [0.4, 0.5) is 0 Å². The van der Waals surface area contributed by atoms with Crippen LogP contribution in [0.3, 0.4) is 0 Å². The van der Waals surface area contributed by atoms with E-state index in [4.69, 9.17) is 4.74 Å². The average Bonchev–Trinajstić information content (AvgIpc) is 2.29. The maximum atomic E-state index is 5.21. The summed E-state index contributed by atoms with van der Waals surface area (Å²) in [5.74, 6) is 0.696. The van der Waals surface area contributed by atoms with Crippen LogP contribution in [0.5, 0.6) is 5.88 Å². The van der Waals surface area contributed by atoms with Crippen LogP contribution in [0.2, 0.25) is 0 Å². The Morgan fingerprint density at radius 2 is 2.27 bits per heavy atom. The molecule has 0 aromatic carbocycles. The zero-order chi connectivity index (χ0) is 11.1. The molecule has 0 aliphatic rings. The minimum atomic E-state index is 0.252. The molecule has 1 heterocycles. The van der Waals surface area contributed by atoms with E-state index >= 15 is 0 Å². The Balaban J connectivity index is 2.59. The number of pyridine rings is 1. The maximum absolute atomic E-state index is 5.21. The van der Waals surface area contributed by atoms with E-state index in [2.05, 4.69) is 22.5 Å². The molecule has 4 nitrogen and oxygen atoms in total. The van der Waals surface area contributed by atoms with Gasteiger partial charge in [0.2, 0.25) is 5.88 Å². The largest absolute Gasteiger partial charge is 0.481 e. The zero-order valence-electron chi connectivity index (χ0n) is 9.58. The average molecular weight is 209 g/mol. The molecule has 0 unspecified atom stereocenters. The van der Waals surface area contributed by atoms with Gasteiger partial charge >= 0.3 is 0 Å². The topological polar surface area (TPSA) is 46.2 Å². The molecule has 84 valence electrons. The van der Waals surface area contributed by atoms with E-state index < -0.39 is 0 Å². The Labute approximate surface area is 91.1 Å². The molecule has 0 aliphatic carbocycles. The molecular formula is C11H19N3O. The summed E-state index contributed by atoms with van der Waals surface area (Å²) in [4.78, 5) is 4.17. The van der Waals surface area contributed by atoms with E-state index in [1.54, 1.807) is 13.3 Å². The van der Waals surface area contributed by atoms with E-state index in [-0.39, 0.29) is 6.04 Å². The second kappa shape index (κ2) is 6.37. The quantitative estimate of drug-likeness (QED) is 0.685. The summed E-state index contributed by atoms with van der Waals surface area (Å²) in [6, 6.07) is 4.21. The lowest BCUT2D eigenvalue weighted by atomic mass is 10.1. The number of rotatable bonds is 6. The van der Waals surface area contributed by atoms with Crippen molar-refractivity contribution in [3.8, 4) is 5.88 Å². The smallest absolute Gasteiger partial charge is 0.217 e. The number of hydrogen-bond donors (Lipinski definition) is 2. The van der Waals surface area contributed by atoms with Crippen LogP contribution in [-0.2, 0) is 0 Å². The van der Waals surface area contributed by atoms with Gasteiger partial charge in [-0.1, -0.05) is 6.07 Å². The van der Waals surface area contributed by atoms with Crippen LogP contribution >= 0.6 is 0 Å². The van der Waals surface area contributed by atoms with Crippen molar-refractivity contribution in [1.29, 1.82) is 0 Å². The van der Waals surface area contributed by atoms with Crippen molar-refractivity contribution in [3.63, 3.8) is 0 Å². The number of nitrogens with one attached hydrogen (secondary N) is 2. The highest BCUT2D eigenvalue weighted by Crippen LogP contribution is 2.21. The minimum absolute atomic E-state index is 0.252. The molecule has 0 bridgehead atoms. The summed E-state index contributed by atoms with van der Waals surface area (Å²) < 4.78 is 5.21. The molecule has 0 amide bonds. The number of aromatic nitrogens is 1. The van der Waals surface area contributed by atoms with Gasteiger partial charge in [-0.15, -0.1) is 0 Å². The third-order valence-electron chi connectivity index (χ3n) is 2.29. The number of likely N-dealkylation sites (N-methyl/N-ethyl adjacent to an activating group) is 1. The van der Waals surface area contributed by atoms with Crippen molar-refractivity contribution in [2.75, 3.05) is 27.2 Å². The third-order valence-corrected chi connectivity index (χ3v) is 2.29. The molecule has 4 heteroatoms. The van der Waals surface area contributed by atoms with E-state index in [1.807, 2.05) is 19.2 Å².